The van der Waals surface area contributed by atoms with E-state index in [4.69, 9.17) is 0 Å². The molecule has 1 N–H and O–H groups in total. The predicted molar refractivity (Wildman–Crippen MR) is 63.8 cm³/mol. The Labute approximate surface area is 97.3 Å². The first kappa shape index (κ1) is 11.3. The summed E-state index contributed by atoms with van der Waals surface area (Å²) in [5.41, 5.74) is 0.388. The summed E-state index contributed by atoms with van der Waals surface area (Å²) in [7, 11) is 1.66. The van der Waals surface area contributed by atoms with Gasteiger partial charge in [-0.25, -0.2) is 9.97 Å². The zero-order chi connectivity index (χ0) is 12.6. The molecule has 0 aliphatic heterocycles. The molecule has 0 saturated carbocycles. The monoisotopic (exact) mass is 232 g/mol. The Morgan fingerprint density at radius 2 is 2.18 bits per heavy atom. The molecule has 0 spiro atoms. The van der Waals surface area contributed by atoms with Crippen molar-refractivity contribution >= 4 is 22.6 Å². The maximum absolute atomic E-state index is 11.9. The summed E-state index contributed by atoms with van der Waals surface area (Å²) in [6.45, 7) is 3.15. The maximum atomic E-state index is 11.9. The van der Waals surface area contributed by atoms with Crippen molar-refractivity contribution in [3.8, 4) is 0 Å². The lowest BCUT2D eigenvalue weighted by atomic mass is 10.3. The van der Waals surface area contributed by atoms with Crippen LogP contribution in [0.15, 0.2) is 17.1 Å². The number of carbonyl (C=O) groups is 1. The van der Waals surface area contributed by atoms with Crippen LogP contribution >= 0.6 is 0 Å². The number of hydrogen-bond donors (Lipinski definition) is 1. The van der Waals surface area contributed by atoms with Gasteiger partial charge in [0, 0.05) is 26.2 Å². The van der Waals surface area contributed by atoms with Crippen LogP contribution in [0.25, 0.3) is 10.9 Å². The lowest BCUT2D eigenvalue weighted by molar-refractivity contribution is -0.114. The van der Waals surface area contributed by atoms with E-state index >= 15 is 0 Å². The third kappa shape index (κ3) is 2.01. The Balaban J connectivity index is 2.67. The summed E-state index contributed by atoms with van der Waals surface area (Å²) >= 11 is 0. The van der Waals surface area contributed by atoms with Crippen molar-refractivity contribution in [1.29, 1.82) is 0 Å². The smallest absolute Gasteiger partial charge is 0.262 e. The number of nitrogens with one attached hydrogen (secondary N) is 1. The van der Waals surface area contributed by atoms with E-state index in [1.807, 2.05) is 0 Å². The second kappa shape index (κ2) is 3.97. The number of pyridine rings is 1. The number of anilines is 1. The SMILES string of the molecule is CC(=O)Nc1cc2nc(C)n(C)c(=O)c2cn1. The fourth-order valence-corrected chi connectivity index (χ4v) is 1.53. The average Bonchev–Trinajstić information content (AvgIpc) is 2.25. The molecule has 2 aromatic rings. The zero-order valence-corrected chi connectivity index (χ0v) is 9.81. The van der Waals surface area contributed by atoms with E-state index in [2.05, 4.69) is 15.3 Å². The van der Waals surface area contributed by atoms with Crippen molar-refractivity contribution in [1.82, 2.24) is 14.5 Å². The highest BCUT2D eigenvalue weighted by molar-refractivity contribution is 5.90. The molecule has 0 atom stereocenters. The lowest BCUT2D eigenvalue weighted by Crippen LogP contribution is -2.21. The summed E-state index contributed by atoms with van der Waals surface area (Å²) in [4.78, 5) is 31.0. The van der Waals surface area contributed by atoms with E-state index in [9.17, 15) is 9.59 Å². The van der Waals surface area contributed by atoms with Gasteiger partial charge in [0.25, 0.3) is 5.56 Å². The summed E-state index contributed by atoms with van der Waals surface area (Å²) in [6.07, 6.45) is 1.43. The molecule has 0 aliphatic rings. The van der Waals surface area contributed by atoms with Crippen molar-refractivity contribution in [3.63, 3.8) is 0 Å². The Morgan fingerprint density at radius 3 is 2.82 bits per heavy atom. The van der Waals surface area contributed by atoms with Crippen LogP contribution in [-0.4, -0.2) is 20.4 Å². The Morgan fingerprint density at radius 1 is 1.47 bits per heavy atom. The van der Waals surface area contributed by atoms with Crippen molar-refractivity contribution in [2.24, 2.45) is 7.05 Å². The third-order valence-electron chi connectivity index (χ3n) is 2.49. The van der Waals surface area contributed by atoms with E-state index in [0.717, 1.165) is 0 Å². The van der Waals surface area contributed by atoms with E-state index in [0.29, 0.717) is 22.5 Å². The summed E-state index contributed by atoms with van der Waals surface area (Å²) in [5, 5.41) is 2.99. The molecular weight excluding hydrogens is 220 g/mol. The lowest BCUT2D eigenvalue weighted by Gasteiger charge is -2.06. The molecule has 1 amide bonds. The highest BCUT2D eigenvalue weighted by Gasteiger charge is 2.07. The molecule has 6 heteroatoms. The molecule has 2 rings (SSSR count). The van der Waals surface area contributed by atoms with Crippen LogP contribution < -0.4 is 10.9 Å². The third-order valence-corrected chi connectivity index (χ3v) is 2.49. The number of hydrogen-bond acceptors (Lipinski definition) is 4. The highest BCUT2D eigenvalue weighted by Crippen LogP contribution is 2.11. The normalized spacial score (nSPS) is 10.5. The van der Waals surface area contributed by atoms with Crippen LogP contribution in [0, 0.1) is 6.92 Å². The Hall–Kier alpha value is -2.24. The molecule has 0 radical (unpaired) electrons. The minimum Gasteiger partial charge on any atom is -0.311 e. The topological polar surface area (TPSA) is 76.9 Å². The van der Waals surface area contributed by atoms with E-state index in [-0.39, 0.29) is 11.5 Å². The van der Waals surface area contributed by atoms with Crippen molar-refractivity contribution in [2.45, 2.75) is 13.8 Å². The predicted octanol–water partition coefficient (Wildman–Crippen LogP) is 0.595. The molecule has 2 aromatic heterocycles. The van der Waals surface area contributed by atoms with Gasteiger partial charge in [0.2, 0.25) is 5.91 Å². The van der Waals surface area contributed by atoms with Gasteiger partial charge in [0.05, 0.1) is 10.9 Å². The Kier molecular flexibility index (Phi) is 2.63. The molecule has 0 saturated heterocycles. The van der Waals surface area contributed by atoms with Gasteiger partial charge in [0.15, 0.2) is 0 Å². The standard InChI is InChI=1S/C11H12N4O2/c1-6-13-9-4-10(14-7(2)16)12-5-8(9)11(17)15(6)3/h4-5H,1-3H3,(H,12,14,16). The number of rotatable bonds is 1. The molecule has 2 heterocycles. The largest absolute Gasteiger partial charge is 0.311 e. The summed E-state index contributed by atoms with van der Waals surface area (Å²) in [5.74, 6) is 0.796. The van der Waals surface area contributed by atoms with Crippen LogP contribution in [0.4, 0.5) is 5.82 Å². The van der Waals surface area contributed by atoms with E-state index in [1.165, 1.54) is 17.7 Å². The average molecular weight is 232 g/mol. The second-order valence-electron chi connectivity index (χ2n) is 3.79. The highest BCUT2D eigenvalue weighted by atomic mass is 16.1. The van der Waals surface area contributed by atoms with Crippen molar-refractivity contribution in [3.05, 3.63) is 28.4 Å². The van der Waals surface area contributed by atoms with E-state index in [1.54, 1.807) is 20.0 Å². The van der Waals surface area contributed by atoms with E-state index < -0.39 is 0 Å². The van der Waals surface area contributed by atoms with Crippen LogP contribution in [-0.2, 0) is 11.8 Å². The number of aromatic nitrogens is 3. The minimum absolute atomic E-state index is 0.144. The minimum atomic E-state index is -0.211. The first-order valence-electron chi connectivity index (χ1n) is 5.10. The van der Waals surface area contributed by atoms with Crippen LogP contribution in [0.1, 0.15) is 12.7 Å². The number of carbonyl (C=O) groups excluding carboxylic acids is 1. The van der Waals surface area contributed by atoms with Crippen LogP contribution in [0.3, 0.4) is 0 Å². The first-order chi connectivity index (χ1) is 7.99. The van der Waals surface area contributed by atoms with Gasteiger partial charge < -0.3 is 5.32 Å². The molecular formula is C11H12N4O2. The fourth-order valence-electron chi connectivity index (χ4n) is 1.53. The molecule has 17 heavy (non-hydrogen) atoms. The molecule has 0 bridgehead atoms. The molecule has 88 valence electrons. The van der Waals surface area contributed by atoms with Gasteiger partial charge in [-0.15, -0.1) is 0 Å². The first-order valence-corrected chi connectivity index (χ1v) is 5.10. The quantitative estimate of drug-likeness (QED) is 0.780. The molecule has 0 aliphatic carbocycles. The van der Waals surface area contributed by atoms with Gasteiger partial charge in [0.1, 0.15) is 11.6 Å². The summed E-state index contributed by atoms with van der Waals surface area (Å²) < 4.78 is 1.46. The van der Waals surface area contributed by atoms with Crippen LogP contribution in [0.2, 0.25) is 0 Å². The van der Waals surface area contributed by atoms with Gasteiger partial charge in [-0.3, -0.25) is 14.2 Å². The zero-order valence-electron chi connectivity index (χ0n) is 9.81. The Bertz CT molecular complexity index is 660. The number of amides is 1. The molecule has 6 nitrogen and oxygen atoms in total. The van der Waals surface area contributed by atoms with Gasteiger partial charge in [-0.05, 0) is 6.92 Å². The molecule has 0 unspecified atom stereocenters. The summed E-state index contributed by atoms with van der Waals surface area (Å²) in [6, 6.07) is 1.59. The van der Waals surface area contributed by atoms with Gasteiger partial charge in [-0.1, -0.05) is 0 Å². The number of nitrogens with zero attached hydrogens (tertiary/aromatic N) is 3. The maximum Gasteiger partial charge on any atom is 0.262 e. The fraction of sp³-hybridized carbons (Fsp3) is 0.273. The van der Waals surface area contributed by atoms with Crippen molar-refractivity contribution in [2.75, 3.05) is 5.32 Å². The second-order valence-corrected chi connectivity index (χ2v) is 3.79. The number of fused-ring (bicyclic) bond motifs is 1. The molecule has 0 fully saturated rings. The molecule has 0 aromatic carbocycles. The number of aryl methyl sites for hydroxylation is 1. The van der Waals surface area contributed by atoms with Crippen LogP contribution in [0.5, 0.6) is 0 Å². The van der Waals surface area contributed by atoms with Crippen molar-refractivity contribution < 1.29 is 4.79 Å². The van der Waals surface area contributed by atoms with Gasteiger partial charge >= 0.3 is 0 Å². The van der Waals surface area contributed by atoms with Gasteiger partial charge in [-0.2, -0.15) is 0 Å².